The lowest BCUT2D eigenvalue weighted by atomic mass is 9.96. The Labute approximate surface area is 291 Å². The zero-order valence-electron chi connectivity index (χ0n) is 28.1. The summed E-state index contributed by atoms with van der Waals surface area (Å²) in [6.45, 7) is 2.59. The number of anilines is 2. The van der Waals surface area contributed by atoms with Gasteiger partial charge in [-0.15, -0.1) is 0 Å². The predicted molar refractivity (Wildman–Crippen MR) is 193 cm³/mol. The van der Waals surface area contributed by atoms with Gasteiger partial charge in [0.05, 0.1) is 6.04 Å². The van der Waals surface area contributed by atoms with E-state index >= 15 is 4.79 Å². The van der Waals surface area contributed by atoms with E-state index in [0.29, 0.717) is 22.5 Å². The van der Waals surface area contributed by atoms with Gasteiger partial charge in [0.25, 0.3) is 0 Å². The molecule has 1 unspecified atom stereocenters. The van der Waals surface area contributed by atoms with Crippen LogP contribution in [0.5, 0.6) is 5.75 Å². The quantitative estimate of drug-likeness (QED) is 0.166. The van der Waals surface area contributed by atoms with E-state index in [1.807, 2.05) is 43.3 Å². The average molecular weight is 670 g/mol. The van der Waals surface area contributed by atoms with Gasteiger partial charge in [0.2, 0.25) is 11.8 Å². The largest absolute Gasteiger partial charge is 0.446 e. The van der Waals surface area contributed by atoms with Gasteiger partial charge in [-0.1, -0.05) is 109 Å². The maximum Gasteiger partial charge on any atom is 0.330 e. The number of para-hydroxylation sites is 2. The molecule has 3 N–H and O–H groups in total. The Bertz CT molecular complexity index is 1890. The third-order valence-electron chi connectivity index (χ3n) is 8.04. The van der Waals surface area contributed by atoms with E-state index < -0.39 is 42.2 Å². The van der Waals surface area contributed by atoms with E-state index in [1.54, 1.807) is 116 Å². The molecular formula is C40H39N5O5. The van der Waals surface area contributed by atoms with Crippen molar-refractivity contribution in [2.75, 3.05) is 23.4 Å². The molecular weight excluding hydrogens is 630 g/mol. The monoisotopic (exact) mass is 669 g/mol. The molecule has 0 aliphatic heterocycles. The lowest BCUT2D eigenvalue weighted by Crippen LogP contribution is -2.72. The normalized spacial score (nSPS) is 11.9. The summed E-state index contributed by atoms with van der Waals surface area (Å²) in [6, 6.07) is 40.6. The first-order valence-corrected chi connectivity index (χ1v) is 16.0. The fourth-order valence-electron chi connectivity index (χ4n) is 5.56. The maximum absolute atomic E-state index is 15.5. The second-order valence-electron chi connectivity index (χ2n) is 11.7. The van der Waals surface area contributed by atoms with Gasteiger partial charge in [0.1, 0.15) is 12.3 Å². The molecule has 10 heteroatoms. The lowest BCUT2D eigenvalue weighted by Gasteiger charge is -2.45. The van der Waals surface area contributed by atoms with Crippen molar-refractivity contribution in [1.82, 2.24) is 10.2 Å². The lowest BCUT2D eigenvalue weighted by molar-refractivity contribution is -0.155. The third kappa shape index (κ3) is 8.05. The molecule has 10 nitrogen and oxygen atoms in total. The highest BCUT2D eigenvalue weighted by Crippen LogP contribution is 2.36. The Hall–Kier alpha value is -6.26. The van der Waals surface area contributed by atoms with Crippen LogP contribution in [-0.2, 0) is 14.4 Å². The number of nitrogens with two attached hydrogens (primary N) is 1. The smallest absolute Gasteiger partial charge is 0.330 e. The zero-order valence-corrected chi connectivity index (χ0v) is 28.1. The van der Waals surface area contributed by atoms with Crippen LogP contribution in [0.4, 0.5) is 16.2 Å². The molecule has 0 aliphatic rings. The molecule has 0 heterocycles. The number of nitrogens with one attached hydrogen (secondary N) is 1. The Balaban J connectivity index is 1.76. The van der Waals surface area contributed by atoms with Crippen LogP contribution in [-0.4, -0.2) is 48.1 Å². The summed E-state index contributed by atoms with van der Waals surface area (Å²) >= 11 is 0. The minimum Gasteiger partial charge on any atom is -0.446 e. The van der Waals surface area contributed by atoms with E-state index in [1.165, 1.54) is 9.80 Å². The number of amides is 5. The predicted octanol–water partition coefficient (Wildman–Crippen LogP) is 6.03. The number of rotatable bonds is 11. The molecule has 0 saturated carbocycles. The first-order chi connectivity index (χ1) is 24.1. The standard InChI is InChI=1S/C40H39N5O5/c1-29-17-16-24-34(27-29)44(28-36(47)43(3)33-22-12-6-13-23-33)39(49)45(37(31-18-8-4-9-19-31)32-20-10-5-11-21-32)40(41,38(48)42-30(2)46)50-35-25-14-7-15-26-35/h4-27,37H,28,41H2,1-3H3,(H,42,46,48). The van der Waals surface area contributed by atoms with Crippen molar-refractivity contribution in [2.24, 2.45) is 5.73 Å². The summed E-state index contributed by atoms with van der Waals surface area (Å²) in [5.41, 5.74) is 10.1. The van der Waals surface area contributed by atoms with E-state index in [-0.39, 0.29) is 5.75 Å². The van der Waals surface area contributed by atoms with Crippen LogP contribution in [0.2, 0.25) is 0 Å². The number of carbonyl (C=O) groups excluding carboxylic acids is 4. The van der Waals surface area contributed by atoms with Crippen molar-refractivity contribution in [3.05, 3.63) is 162 Å². The summed E-state index contributed by atoms with van der Waals surface area (Å²) < 4.78 is 6.30. The van der Waals surface area contributed by atoms with Gasteiger partial charge >= 0.3 is 17.8 Å². The summed E-state index contributed by atoms with van der Waals surface area (Å²) in [4.78, 5) is 60.0. The van der Waals surface area contributed by atoms with Crippen LogP contribution in [0.3, 0.4) is 0 Å². The number of urea groups is 1. The summed E-state index contributed by atoms with van der Waals surface area (Å²) in [5, 5.41) is 2.25. The molecule has 254 valence electrons. The van der Waals surface area contributed by atoms with Gasteiger partial charge in [-0.25, -0.2) is 4.79 Å². The number of aryl methyl sites for hydroxylation is 1. The fraction of sp³-hybridized carbons (Fsp3) is 0.150. The zero-order chi connectivity index (χ0) is 35.7. The molecule has 5 aromatic rings. The summed E-state index contributed by atoms with van der Waals surface area (Å²) in [6.07, 6.45) is 0. The molecule has 50 heavy (non-hydrogen) atoms. The van der Waals surface area contributed by atoms with E-state index in [4.69, 9.17) is 10.5 Å². The topological polar surface area (TPSA) is 125 Å². The van der Waals surface area contributed by atoms with Gasteiger partial charge in [-0.3, -0.25) is 35.2 Å². The number of benzene rings is 5. The first kappa shape index (κ1) is 35.1. The highest BCUT2D eigenvalue weighted by molar-refractivity contribution is 6.06. The number of hydrogen-bond acceptors (Lipinski definition) is 6. The molecule has 0 bridgehead atoms. The van der Waals surface area contributed by atoms with Crippen molar-refractivity contribution in [2.45, 2.75) is 25.7 Å². The van der Waals surface area contributed by atoms with Crippen LogP contribution in [0.25, 0.3) is 0 Å². The van der Waals surface area contributed by atoms with Crippen molar-refractivity contribution < 1.29 is 23.9 Å². The summed E-state index contributed by atoms with van der Waals surface area (Å²) in [5.74, 6) is -4.69. The van der Waals surface area contributed by atoms with Crippen LogP contribution >= 0.6 is 0 Å². The molecule has 5 amide bonds. The highest BCUT2D eigenvalue weighted by atomic mass is 16.5. The maximum atomic E-state index is 15.5. The Morgan fingerprint density at radius 2 is 1.22 bits per heavy atom. The number of hydrogen-bond donors (Lipinski definition) is 2. The van der Waals surface area contributed by atoms with Crippen LogP contribution < -0.4 is 25.6 Å². The number of likely N-dealkylation sites (N-methyl/N-ethyl adjacent to an activating group) is 1. The Kier molecular flexibility index (Phi) is 11.0. The molecule has 0 spiro atoms. The van der Waals surface area contributed by atoms with Crippen LogP contribution in [0.1, 0.15) is 29.7 Å². The van der Waals surface area contributed by atoms with Crippen molar-refractivity contribution in [3.63, 3.8) is 0 Å². The van der Waals surface area contributed by atoms with Crippen molar-refractivity contribution in [3.8, 4) is 5.75 Å². The van der Waals surface area contributed by atoms with Gasteiger partial charge in [0, 0.05) is 25.3 Å². The Morgan fingerprint density at radius 1 is 0.720 bits per heavy atom. The molecule has 0 saturated heterocycles. The SMILES string of the molecule is CC(=O)NC(=O)C(N)(Oc1ccccc1)N(C(=O)N(CC(=O)N(C)c1ccccc1)c1cccc(C)c1)C(c1ccccc1)c1ccccc1. The second-order valence-corrected chi connectivity index (χ2v) is 11.7. The van der Waals surface area contributed by atoms with Gasteiger partial charge < -0.3 is 9.64 Å². The fourth-order valence-corrected chi connectivity index (χ4v) is 5.56. The number of imide groups is 1. The third-order valence-corrected chi connectivity index (χ3v) is 8.04. The molecule has 5 rings (SSSR count). The Morgan fingerprint density at radius 3 is 1.74 bits per heavy atom. The van der Waals surface area contributed by atoms with E-state index in [9.17, 15) is 14.4 Å². The van der Waals surface area contributed by atoms with E-state index in [0.717, 1.165) is 17.4 Å². The van der Waals surface area contributed by atoms with Gasteiger partial charge in [-0.2, -0.15) is 0 Å². The first-order valence-electron chi connectivity index (χ1n) is 16.0. The van der Waals surface area contributed by atoms with Crippen molar-refractivity contribution in [1.29, 1.82) is 0 Å². The van der Waals surface area contributed by atoms with Gasteiger partial charge in [0.15, 0.2) is 0 Å². The minimum atomic E-state index is -2.64. The minimum absolute atomic E-state index is 0.161. The molecule has 5 aromatic carbocycles. The van der Waals surface area contributed by atoms with Crippen LogP contribution in [0, 0.1) is 6.92 Å². The molecule has 0 radical (unpaired) electrons. The second kappa shape index (κ2) is 15.8. The van der Waals surface area contributed by atoms with E-state index in [2.05, 4.69) is 5.32 Å². The number of nitrogens with zero attached hydrogens (tertiary/aromatic N) is 3. The van der Waals surface area contributed by atoms with Gasteiger partial charge in [-0.05, 0) is 60.0 Å². The molecule has 0 fully saturated rings. The average Bonchev–Trinajstić information content (AvgIpc) is 3.13. The van der Waals surface area contributed by atoms with Crippen LogP contribution in [0.15, 0.2) is 146 Å². The number of carbonyl (C=O) groups is 4. The molecule has 0 aromatic heterocycles. The summed E-state index contributed by atoms with van der Waals surface area (Å²) in [7, 11) is 1.62. The molecule has 1 atom stereocenters. The molecule has 0 aliphatic carbocycles. The number of ether oxygens (including phenoxy) is 1. The van der Waals surface area contributed by atoms with Crippen molar-refractivity contribution >= 4 is 35.1 Å². The highest BCUT2D eigenvalue weighted by Gasteiger charge is 2.52.